The fourth-order valence-electron chi connectivity index (χ4n) is 1.73. The van der Waals surface area contributed by atoms with Crippen LogP contribution in [0.2, 0.25) is 5.02 Å². The molecule has 2 rings (SSSR count). The third kappa shape index (κ3) is 2.40. The van der Waals surface area contributed by atoms with E-state index in [1.54, 1.807) is 31.2 Å². The molecule has 2 aromatic rings. The van der Waals surface area contributed by atoms with Crippen LogP contribution in [0.3, 0.4) is 0 Å². The van der Waals surface area contributed by atoms with Gasteiger partial charge in [0.05, 0.1) is 0 Å². The molecular weight excluding hydrogens is 318 g/mol. The molecule has 18 heavy (non-hydrogen) atoms. The van der Waals surface area contributed by atoms with E-state index in [0.29, 0.717) is 20.8 Å². The Bertz CT molecular complexity index is 628. The molecule has 0 fully saturated rings. The van der Waals surface area contributed by atoms with Crippen molar-refractivity contribution < 1.29 is 9.90 Å². The second-order valence-electron chi connectivity index (χ2n) is 3.76. The summed E-state index contributed by atoms with van der Waals surface area (Å²) in [6.45, 7) is 1.80. The molecular formula is C13H9BrClNO2. The van der Waals surface area contributed by atoms with Gasteiger partial charge in [-0.2, -0.15) is 0 Å². The molecule has 5 heteroatoms. The zero-order chi connectivity index (χ0) is 13.3. The Morgan fingerprint density at radius 2 is 2.00 bits per heavy atom. The van der Waals surface area contributed by atoms with Crippen molar-refractivity contribution >= 4 is 33.5 Å². The number of carboxylic acids is 1. The molecule has 0 saturated carbocycles. The van der Waals surface area contributed by atoms with Crippen LogP contribution in [-0.4, -0.2) is 16.1 Å². The maximum Gasteiger partial charge on any atom is 0.339 e. The van der Waals surface area contributed by atoms with E-state index in [1.807, 2.05) is 6.07 Å². The number of aromatic nitrogens is 1. The average Bonchev–Trinajstić information content (AvgIpc) is 2.27. The Kier molecular flexibility index (Phi) is 3.68. The van der Waals surface area contributed by atoms with Crippen LogP contribution in [0, 0.1) is 6.92 Å². The van der Waals surface area contributed by atoms with Gasteiger partial charge < -0.3 is 5.11 Å². The monoisotopic (exact) mass is 325 g/mol. The second-order valence-corrected chi connectivity index (χ2v) is 4.92. The molecule has 0 aliphatic heterocycles. The van der Waals surface area contributed by atoms with Crippen molar-refractivity contribution in [2.24, 2.45) is 0 Å². The first kappa shape index (κ1) is 13.1. The zero-order valence-electron chi connectivity index (χ0n) is 9.45. The summed E-state index contributed by atoms with van der Waals surface area (Å²) in [7, 11) is 0. The quantitative estimate of drug-likeness (QED) is 0.843. The number of rotatable bonds is 2. The molecule has 3 nitrogen and oxygen atoms in total. The molecule has 0 amide bonds. The van der Waals surface area contributed by atoms with Gasteiger partial charge in [0.2, 0.25) is 0 Å². The van der Waals surface area contributed by atoms with Crippen LogP contribution in [0.25, 0.3) is 11.1 Å². The Hall–Kier alpha value is -1.39. The van der Waals surface area contributed by atoms with Crippen LogP contribution < -0.4 is 0 Å². The van der Waals surface area contributed by atoms with Gasteiger partial charge in [0.1, 0.15) is 10.2 Å². The van der Waals surface area contributed by atoms with E-state index in [4.69, 9.17) is 11.6 Å². The topological polar surface area (TPSA) is 50.2 Å². The van der Waals surface area contributed by atoms with E-state index in [-0.39, 0.29) is 5.56 Å². The molecule has 1 aromatic heterocycles. The third-order valence-electron chi connectivity index (χ3n) is 2.48. The lowest BCUT2D eigenvalue weighted by Gasteiger charge is -2.10. The van der Waals surface area contributed by atoms with Gasteiger partial charge >= 0.3 is 5.97 Å². The summed E-state index contributed by atoms with van der Waals surface area (Å²) < 4.78 is 0.310. The number of hydrogen-bond acceptors (Lipinski definition) is 2. The highest BCUT2D eigenvalue weighted by atomic mass is 79.9. The highest BCUT2D eigenvalue weighted by molar-refractivity contribution is 9.10. The number of carboxylic acid groups (broad SMARTS) is 1. The Morgan fingerprint density at radius 1 is 1.33 bits per heavy atom. The smallest absolute Gasteiger partial charge is 0.339 e. The van der Waals surface area contributed by atoms with Crippen molar-refractivity contribution in [1.82, 2.24) is 4.98 Å². The molecule has 0 unspecified atom stereocenters. The summed E-state index contributed by atoms with van der Waals surface area (Å²) >= 11 is 9.30. The summed E-state index contributed by atoms with van der Waals surface area (Å²) in [5, 5.41) is 9.79. The first-order chi connectivity index (χ1) is 8.50. The maximum atomic E-state index is 11.3. The number of carbonyl (C=O) groups is 1. The lowest BCUT2D eigenvalue weighted by Crippen LogP contribution is -2.04. The number of aryl methyl sites for hydroxylation is 1. The normalized spacial score (nSPS) is 10.4. The van der Waals surface area contributed by atoms with Gasteiger partial charge in [-0.1, -0.05) is 29.8 Å². The number of nitrogens with zero attached hydrogens (tertiary/aromatic N) is 1. The fourth-order valence-corrected chi connectivity index (χ4v) is 2.63. The lowest BCUT2D eigenvalue weighted by molar-refractivity contribution is 0.0696. The average molecular weight is 327 g/mol. The fraction of sp³-hybridized carbons (Fsp3) is 0.0769. The van der Waals surface area contributed by atoms with Crippen LogP contribution >= 0.6 is 27.5 Å². The van der Waals surface area contributed by atoms with Gasteiger partial charge in [-0.25, -0.2) is 9.78 Å². The number of halogens is 2. The molecule has 0 spiro atoms. The van der Waals surface area contributed by atoms with Crippen LogP contribution in [0.15, 0.2) is 34.9 Å². The first-order valence-corrected chi connectivity index (χ1v) is 6.33. The molecule has 0 saturated heterocycles. The van der Waals surface area contributed by atoms with E-state index < -0.39 is 5.97 Å². The van der Waals surface area contributed by atoms with Gasteiger partial charge in [0.15, 0.2) is 0 Å². The number of benzene rings is 1. The molecule has 0 atom stereocenters. The zero-order valence-corrected chi connectivity index (χ0v) is 11.8. The molecule has 1 aromatic carbocycles. The summed E-state index contributed by atoms with van der Waals surface area (Å²) in [5.74, 6) is -1.04. The predicted octanol–water partition coefficient (Wildman–Crippen LogP) is 4.17. The summed E-state index contributed by atoms with van der Waals surface area (Å²) in [6.07, 6.45) is 0. The van der Waals surface area contributed by atoms with Gasteiger partial charge in [-0.15, -0.1) is 0 Å². The molecule has 1 N–H and O–H groups in total. The minimum Gasteiger partial charge on any atom is -0.478 e. The van der Waals surface area contributed by atoms with Crippen LogP contribution in [0.1, 0.15) is 16.1 Å². The number of pyridine rings is 1. The summed E-state index contributed by atoms with van der Waals surface area (Å²) in [5.41, 5.74) is 2.09. The van der Waals surface area contributed by atoms with E-state index in [9.17, 15) is 9.90 Å². The Morgan fingerprint density at radius 3 is 2.61 bits per heavy atom. The summed E-state index contributed by atoms with van der Waals surface area (Å²) in [6, 6.07) is 8.85. The Labute approximate surface area is 118 Å². The van der Waals surface area contributed by atoms with Crippen LogP contribution in [-0.2, 0) is 0 Å². The van der Waals surface area contributed by atoms with Gasteiger partial charge in [-0.05, 0) is 35.0 Å². The molecule has 92 valence electrons. The van der Waals surface area contributed by atoms with Crippen LogP contribution in [0.4, 0.5) is 0 Å². The van der Waals surface area contributed by atoms with Crippen molar-refractivity contribution in [2.75, 3.05) is 0 Å². The first-order valence-electron chi connectivity index (χ1n) is 5.16. The van der Waals surface area contributed by atoms with Crippen LogP contribution in [0.5, 0.6) is 0 Å². The SMILES string of the molecule is Cc1cc(-c2ccccc2Cl)c(C(=O)O)c(Br)n1. The van der Waals surface area contributed by atoms with E-state index >= 15 is 0 Å². The van der Waals surface area contributed by atoms with Crippen molar-refractivity contribution in [3.05, 3.63) is 51.2 Å². The number of aromatic carboxylic acids is 1. The third-order valence-corrected chi connectivity index (χ3v) is 3.38. The molecule has 0 bridgehead atoms. The molecule has 0 aliphatic carbocycles. The minimum absolute atomic E-state index is 0.119. The summed E-state index contributed by atoms with van der Waals surface area (Å²) in [4.78, 5) is 15.4. The van der Waals surface area contributed by atoms with Crippen molar-refractivity contribution in [2.45, 2.75) is 6.92 Å². The van der Waals surface area contributed by atoms with Gasteiger partial charge in [0, 0.05) is 21.8 Å². The lowest BCUT2D eigenvalue weighted by atomic mass is 10.0. The maximum absolute atomic E-state index is 11.3. The second kappa shape index (κ2) is 5.08. The predicted molar refractivity (Wildman–Crippen MR) is 74.1 cm³/mol. The van der Waals surface area contributed by atoms with E-state index in [2.05, 4.69) is 20.9 Å². The van der Waals surface area contributed by atoms with Crippen molar-refractivity contribution in [3.8, 4) is 11.1 Å². The van der Waals surface area contributed by atoms with Gasteiger partial charge in [-0.3, -0.25) is 0 Å². The minimum atomic E-state index is -1.04. The van der Waals surface area contributed by atoms with Gasteiger partial charge in [0.25, 0.3) is 0 Å². The highest BCUT2D eigenvalue weighted by Gasteiger charge is 2.18. The largest absolute Gasteiger partial charge is 0.478 e. The standard InChI is InChI=1S/C13H9BrClNO2/c1-7-6-9(8-4-2-3-5-10(8)15)11(13(17)18)12(14)16-7/h2-6H,1H3,(H,17,18). The van der Waals surface area contributed by atoms with Crippen molar-refractivity contribution in [3.63, 3.8) is 0 Å². The Balaban J connectivity index is 2.78. The van der Waals surface area contributed by atoms with E-state index in [1.165, 1.54) is 0 Å². The highest BCUT2D eigenvalue weighted by Crippen LogP contribution is 2.33. The molecule has 1 heterocycles. The number of hydrogen-bond donors (Lipinski definition) is 1. The molecule has 0 radical (unpaired) electrons. The van der Waals surface area contributed by atoms with E-state index in [0.717, 1.165) is 5.69 Å². The molecule has 0 aliphatic rings. The van der Waals surface area contributed by atoms with Crippen molar-refractivity contribution in [1.29, 1.82) is 0 Å².